The summed E-state index contributed by atoms with van der Waals surface area (Å²) in [5, 5.41) is 11.6. The van der Waals surface area contributed by atoms with Gasteiger partial charge in [-0.15, -0.1) is 11.3 Å². The van der Waals surface area contributed by atoms with Gasteiger partial charge in [0.15, 0.2) is 4.80 Å². The van der Waals surface area contributed by atoms with E-state index in [9.17, 15) is 5.11 Å². The standard InChI is InChI=1S/C19H20N2OS/c1-14-8-9-16(12-15(14)2)18-13-23-19(21(18)10-11-22)20-17-6-4-3-5-7-17/h3-9,12-13,22H,10-11H2,1-2H3. The Morgan fingerprint density at radius 3 is 2.52 bits per heavy atom. The molecule has 0 amide bonds. The van der Waals surface area contributed by atoms with Gasteiger partial charge in [0.1, 0.15) is 0 Å². The number of benzene rings is 2. The third-order valence-electron chi connectivity index (χ3n) is 3.90. The maximum Gasteiger partial charge on any atom is 0.190 e. The van der Waals surface area contributed by atoms with E-state index < -0.39 is 0 Å². The van der Waals surface area contributed by atoms with E-state index in [-0.39, 0.29) is 6.61 Å². The van der Waals surface area contributed by atoms with Crippen molar-refractivity contribution >= 4 is 17.0 Å². The van der Waals surface area contributed by atoms with E-state index in [4.69, 9.17) is 4.99 Å². The highest BCUT2D eigenvalue weighted by Crippen LogP contribution is 2.23. The minimum atomic E-state index is 0.0938. The molecule has 118 valence electrons. The predicted octanol–water partition coefficient (Wildman–Crippen LogP) is 4.06. The van der Waals surface area contributed by atoms with Crippen molar-refractivity contribution < 1.29 is 5.11 Å². The largest absolute Gasteiger partial charge is 0.395 e. The molecule has 4 heteroatoms. The number of aryl methyl sites for hydroxylation is 2. The number of aromatic nitrogens is 1. The van der Waals surface area contributed by atoms with Crippen molar-refractivity contribution in [2.24, 2.45) is 4.99 Å². The smallest absolute Gasteiger partial charge is 0.190 e. The van der Waals surface area contributed by atoms with Gasteiger partial charge >= 0.3 is 0 Å². The molecular formula is C19H20N2OS. The molecule has 0 atom stereocenters. The second-order valence-corrected chi connectivity index (χ2v) is 6.36. The second kappa shape index (κ2) is 6.94. The van der Waals surface area contributed by atoms with Crippen molar-refractivity contribution in [3.63, 3.8) is 0 Å². The summed E-state index contributed by atoms with van der Waals surface area (Å²) in [4.78, 5) is 5.62. The normalized spacial score (nSPS) is 11.9. The number of aliphatic hydroxyl groups is 1. The number of rotatable bonds is 4. The Labute approximate surface area is 140 Å². The van der Waals surface area contributed by atoms with Gasteiger partial charge in [-0.2, -0.15) is 0 Å². The van der Waals surface area contributed by atoms with E-state index in [1.165, 1.54) is 11.1 Å². The van der Waals surface area contributed by atoms with E-state index in [1.54, 1.807) is 11.3 Å². The summed E-state index contributed by atoms with van der Waals surface area (Å²) in [7, 11) is 0. The molecule has 0 spiro atoms. The van der Waals surface area contributed by atoms with Crippen LogP contribution < -0.4 is 4.80 Å². The van der Waals surface area contributed by atoms with Crippen LogP contribution in [0, 0.1) is 13.8 Å². The number of hydrogen-bond acceptors (Lipinski definition) is 3. The summed E-state index contributed by atoms with van der Waals surface area (Å²) in [5.41, 5.74) is 5.74. The van der Waals surface area contributed by atoms with E-state index in [0.29, 0.717) is 6.54 Å². The highest BCUT2D eigenvalue weighted by molar-refractivity contribution is 7.07. The summed E-state index contributed by atoms with van der Waals surface area (Å²) in [5.74, 6) is 0. The fourth-order valence-electron chi connectivity index (χ4n) is 2.48. The molecule has 0 aliphatic rings. The van der Waals surface area contributed by atoms with Crippen LogP contribution in [-0.4, -0.2) is 16.3 Å². The van der Waals surface area contributed by atoms with E-state index in [1.807, 2.05) is 30.3 Å². The molecule has 3 rings (SSSR count). The SMILES string of the molecule is Cc1ccc(-c2csc(=Nc3ccccc3)n2CCO)cc1C. The average Bonchev–Trinajstić information content (AvgIpc) is 2.94. The van der Waals surface area contributed by atoms with Crippen LogP contribution in [0.25, 0.3) is 11.3 Å². The van der Waals surface area contributed by atoms with E-state index in [0.717, 1.165) is 21.7 Å². The molecule has 0 aliphatic heterocycles. The van der Waals surface area contributed by atoms with Gasteiger partial charge in [-0.05, 0) is 48.7 Å². The molecule has 23 heavy (non-hydrogen) atoms. The highest BCUT2D eigenvalue weighted by atomic mass is 32.1. The minimum absolute atomic E-state index is 0.0938. The van der Waals surface area contributed by atoms with Crippen LogP contribution in [0.3, 0.4) is 0 Å². The summed E-state index contributed by atoms with van der Waals surface area (Å²) >= 11 is 1.60. The Bertz CT molecular complexity index is 863. The lowest BCUT2D eigenvalue weighted by molar-refractivity contribution is 0.275. The van der Waals surface area contributed by atoms with Crippen molar-refractivity contribution in [2.75, 3.05) is 6.61 Å². The van der Waals surface area contributed by atoms with Crippen molar-refractivity contribution in [2.45, 2.75) is 20.4 Å². The van der Waals surface area contributed by atoms with Gasteiger partial charge in [0.2, 0.25) is 0 Å². The first-order chi connectivity index (χ1) is 11.2. The van der Waals surface area contributed by atoms with Gasteiger partial charge in [-0.3, -0.25) is 0 Å². The van der Waals surface area contributed by atoms with E-state index >= 15 is 0 Å². The zero-order valence-electron chi connectivity index (χ0n) is 13.4. The molecule has 0 aliphatic carbocycles. The molecule has 3 nitrogen and oxygen atoms in total. The minimum Gasteiger partial charge on any atom is -0.395 e. The molecule has 0 saturated heterocycles. The molecule has 3 aromatic rings. The van der Waals surface area contributed by atoms with Crippen LogP contribution in [0.4, 0.5) is 5.69 Å². The summed E-state index contributed by atoms with van der Waals surface area (Å²) in [6, 6.07) is 16.4. The lowest BCUT2D eigenvalue weighted by Crippen LogP contribution is -2.17. The molecule has 0 unspecified atom stereocenters. The number of hydrogen-bond donors (Lipinski definition) is 1. The van der Waals surface area contributed by atoms with Gasteiger partial charge in [0, 0.05) is 11.9 Å². The first-order valence-corrected chi connectivity index (χ1v) is 8.53. The molecule has 0 radical (unpaired) electrons. The third kappa shape index (κ3) is 3.44. The van der Waals surface area contributed by atoms with Crippen LogP contribution in [0.5, 0.6) is 0 Å². The van der Waals surface area contributed by atoms with Gasteiger partial charge in [0.25, 0.3) is 0 Å². The maximum atomic E-state index is 9.44. The molecule has 1 N–H and O–H groups in total. The van der Waals surface area contributed by atoms with Crippen LogP contribution in [0.2, 0.25) is 0 Å². The first-order valence-electron chi connectivity index (χ1n) is 7.65. The van der Waals surface area contributed by atoms with Crippen molar-refractivity contribution in [1.29, 1.82) is 0 Å². The predicted molar refractivity (Wildman–Crippen MR) is 96.0 cm³/mol. The fraction of sp³-hybridized carbons (Fsp3) is 0.211. The molecule has 0 bridgehead atoms. The monoisotopic (exact) mass is 324 g/mol. The van der Waals surface area contributed by atoms with Gasteiger partial charge in [-0.1, -0.05) is 30.3 Å². The van der Waals surface area contributed by atoms with Crippen LogP contribution in [0.1, 0.15) is 11.1 Å². The molecule has 2 aromatic carbocycles. The zero-order chi connectivity index (χ0) is 16.2. The van der Waals surface area contributed by atoms with Crippen LogP contribution in [-0.2, 0) is 6.54 Å². The van der Waals surface area contributed by atoms with Gasteiger partial charge < -0.3 is 9.67 Å². The highest BCUT2D eigenvalue weighted by Gasteiger charge is 2.08. The molecule has 1 aromatic heterocycles. The Kier molecular flexibility index (Phi) is 4.74. The Morgan fingerprint density at radius 2 is 1.83 bits per heavy atom. The molecule has 0 fully saturated rings. The number of nitrogens with zero attached hydrogens (tertiary/aromatic N) is 2. The van der Waals surface area contributed by atoms with Crippen molar-refractivity contribution in [3.05, 3.63) is 69.8 Å². The van der Waals surface area contributed by atoms with Crippen LogP contribution in [0.15, 0.2) is 58.9 Å². The maximum absolute atomic E-state index is 9.44. The van der Waals surface area contributed by atoms with Crippen molar-refractivity contribution in [1.82, 2.24) is 4.57 Å². The Hall–Kier alpha value is -2.17. The van der Waals surface area contributed by atoms with Gasteiger partial charge in [0.05, 0.1) is 18.0 Å². The Balaban J connectivity index is 2.12. The summed E-state index contributed by atoms with van der Waals surface area (Å²) < 4.78 is 2.09. The molecule has 1 heterocycles. The third-order valence-corrected chi connectivity index (χ3v) is 4.77. The average molecular weight is 324 g/mol. The summed E-state index contributed by atoms with van der Waals surface area (Å²) in [6.07, 6.45) is 0. The van der Waals surface area contributed by atoms with E-state index in [2.05, 4.69) is 42.0 Å². The molecular weight excluding hydrogens is 304 g/mol. The number of thiazole rings is 1. The number of aliphatic hydroxyl groups excluding tert-OH is 1. The molecule has 0 saturated carbocycles. The summed E-state index contributed by atoms with van der Waals surface area (Å²) in [6.45, 7) is 4.87. The first kappa shape index (κ1) is 15.7. The van der Waals surface area contributed by atoms with Crippen LogP contribution >= 0.6 is 11.3 Å². The topological polar surface area (TPSA) is 37.5 Å². The Morgan fingerprint density at radius 1 is 1.04 bits per heavy atom. The lowest BCUT2D eigenvalue weighted by atomic mass is 10.0. The number of para-hydroxylation sites is 1. The van der Waals surface area contributed by atoms with Crippen molar-refractivity contribution in [3.8, 4) is 11.3 Å². The zero-order valence-corrected chi connectivity index (χ0v) is 14.2. The lowest BCUT2D eigenvalue weighted by Gasteiger charge is -2.09. The second-order valence-electron chi connectivity index (χ2n) is 5.53. The van der Waals surface area contributed by atoms with Gasteiger partial charge in [-0.25, -0.2) is 4.99 Å². The quantitative estimate of drug-likeness (QED) is 0.772. The fourth-order valence-corrected chi connectivity index (χ4v) is 3.43.